The van der Waals surface area contributed by atoms with Crippen molar-refractivity contribution in [1.82, 2.24) is 14.6 Å². The van der Waals surface area contributed by atoms with Crippen molar-refractivity contribution < 1.29 is 8.78 Å². The van der Waals surface area contributed by atoms with Crippen LogP contribution in [0.3, 0.4) is 0 Å². The maximum Gasteiger partial charge on any atom is 0.191 e. The van der Waals surface area contributed by atoms with Crippen molar-refractivity contribution in [1.29, 1.82) is 5.26 Å². The van der Waals surface area contributed by atoms with E-state index < -0.39 is 0 Å². The number of nitriles is 1. The summed E-state index contributed by atoms with van der Waals surface area (Å²) in [5.41, 5.74) is 4.66. The Bertz CT molecular complexity index is 1470. The minimum absolute atomic E-state index is 0.273. The van der Waals surface area contributed by atoms with Crippen LogP contribution >= 0.6 is 11.3 Å². The van der Waals surface area contributed by atoms with Crippen LogP contribution in [0.25, 0.3) is 16.8 Å². The van der Waals surface area contributed by atoms with Gasteiger partial charge in [0.15, 0.2) is 10.9 Å². The number of aryl methyl sites for hydroxylation is 1. The largest absolute Gasteiger partial charge is 0.368 e. The van der Waals surface area contributed by atoms with Crippen molar-refractivity contribution in [3.63, 3.8) is 0 Å². The van der Waals surface area contributed by atoms with E-state index in [1.165, 1.54) is 48.9 Å². The van der Waals surface area contributed by atoms with Gasteiger partial charge in [0.1, 0.15) is 22.5 Å². The Labute approximate surface area is 206 Å². The smallest absolute Gasteiger partial charge is 0.191 e. The number of nitrogens with zero attached hydrogens (tertiary/aromatic N) is 6. The highest BCUT2D eigenvalue weighted by atomic mass is 32.1. The zero-order chi connectivity index (χ0) is 24.3. The SMILES string of the molecule is CCc1nn2cc(F)c(N3CC4(CCC4)C3)cc2c1N(C)c1nc(-c2ccc(F)cc2)c(C#N)s1. The molecule has 35 heavy (non-hydrogen) atoms. The van der Waals surface area contributed by atoms with Crippen LogP contribution in [-0.2, 0) is 6.42 Å². The van der Waals surface area contributed by atoms with Gasteiger partial charge >= 0.3 is 0 Å². The molecule has 4 aromatic rings. The van der Waals surface area contributed by atoms with E-state index in [4.69, 9.17) is 4.98 Å². The molecule has 1 aliphatic carbocycles. The third kappa shape index (κ3) is 3.47. The van der Waals surface area contributed by atoms with Crippen molar-refractivity contribution in [2.75, 3.05) is 29.9 Å². The molecule has 0 unspecified atom stereocenters. The molecule has 3 aromatic heterocycles. The summed E-state index contributed by atoms with van der Waals surface area (Å²) >= 11 is 1.27. The molecule has 9 heteroatoms. The molecule has 6 nitrogen and oxygen atoms in total. The van der Waals surface area contributed by atoms with Gasteiger partial charge in [-0.3, -0.25) is 0 Å². The number of pyridine rings is 1. The number of thiazole rings is 1. The normalized spacial score (nSPS) is 16.3. The molecule has 0 N–H and O–H groups in total. The Hall–Kier alpha value is -3.51. The van der Waals surface area contributed by atoms with Crippen molar-refractivity contribution in [3.05, 3.63) is 58.7 Å². The number of halogens is 2. The minimum atomic E-state index is -0.341. The molecule has 178 valence electrons. The van der Waals surface area contributed by atoms with Crippen LogP contribution in [0.5, 0.6) is 0 Å². The molecule has 0 radical (unpaired) electrons. The Balaban J connectivity index is 1.41. The molecular formula is C26H24F2N6S. The van der Waals surface area contributed by atoms with Crippen molar-refractivity contribution in [2.45, 2.75) is 32.6 Å². The minimum Gasteiger partial charge on any atom is -0.368 e. The molecule has 1 spiro atoms. The molecule has 0 atom stereocenters. The Morgan fingerprint density at radius 2 is 1.94 bits per heavy atom. The number of hydrogen-bond acceptors (Lipinski definition) is 6. The fourth-order valence-electron chi connectivity index (χ4n) is 5.29. The second-order valence-corrected chi connectivity index (χ2v) is 10.5. The molecule has 6 rings (SSSR count). The van der Waals surface area contributed by atoms with Gasteiger partial charge in [0.05, 0.1) is 28.8 Å². The van der Waals surface area contributed by atoms with Gasteiger partial charge < -0.3 is 9.80 Å². The van der Waals surface area contributed by atoms with E-state index in [0.717, 1.165) is 30.0 Å². The zero-order valence-corrected chi connectivity index (χ0v) is 20.4. The molecule has 2 fully saturated rings. The zero-order valence-electron chi connectivity index (χ0n) is 19.6. The third-order valence-corrected chi connectivity index (χ3v) is 8.38. The van der Waals surface area contributed by atoms with Gasteiger partial charge in [-0.25, -0.2) is 18.3 Å². The van der Waals surface area contributed by atoms with Crippen molar-refractivity contribution >= 4 is 33.4 Å². The maximum atomic E-state index is 15.1. The number of rotatable bonds is 5. The van der Waals surface area contributed by atoms with Gasteiger partial charge in [0, 0.05) is 31.1 Å². The first kappa shape index (κ1) is 22.0. The molecule has 1 saturated carbocycles. The fourth-order valence-corrected chi connectivity index (χ4v) is 6.15. The van der Waals surface area contributed by atoms with E-state index in [0.29, 0.717) is 38.8 Å². The molecule has 4 heterocycles. The highest BCUT2D eigenvalue weighted by molar-refractivity contribution is 7.16. The summed E-state index contributed by atoms with van der Waals surface area (Å²) in [7, 11) is 1.89. The van der Waals surface area contributed by atoms with Crippen LogP contribution in [0.4, 0.5) is 25.3 Å². The second kappa shape index (κ2) is 8.02. The van der Waals surface area contributed by atoms with Crippen molar-refractivity contribution in [2.24, 2.45) is 5.41 Å². The van der Waals surface area contributed by atoms with E-state index in [-0.39, 0.29) is 11.6 Å². The maximum absolute atomic E-state index is 15.1. The molecule has 1 saturated heterocycles. The Kier molecular flexibility index (Phi) is 5.04. The van der Waals surface area contributed by atoms with Crippen LogP contribution < -0.4 is 9.80 Å². The number of aromatic nitrogens is 3. The summed E-state index contributed by atoms with van der Waals surface area (Å²) in [6.45, 7) is 3.82. The number of hydrogen-bond donors (Lipinski definition) is 0. The molecule has 1 aliphatic heterocycles. The summed E-state index contributed by atoms with van der Waals surface area (Å²) < 4.78 is 30.1. The fraction of sp³-hybridized carbons (Fsp3) is 0.346. The lowest BCUT2D eigenvalue weighted by Crippen LogP contribution is -2.60. The monoisotopic (exact) mass is 490 g/mol. The summed E-state index contributed by atoms with van der Waals surface area (Å²) in [5, 5.41) is 15.0. The van der Waals surface area contributed by atoms with Gasteiger partial charge in [0.25, 0.3) is 0 Å². The first-order valence-corrected chi connectivity index (χ1v) is 12.6. The average molecular weight is 491 g/mol. The predicted octanol–water partition coefficient (Wildman–Crippen LogP) is 5.93. The van der Waals surface area contributed by atoms with Crippen molar-refractivity contribution in [3.8, 4) is 17.3 Å². The first-order valence-electron chi connectivity index (χ1n) is 11.8. The predicted molar refractivity (Wildman–Crippen MR) is 133 cm³/mol. The van der Waals surface area contributed by atoms with Crippen LogP contribution in [0.1, 0.15) is 36.8 Å². The lowest BCUT2D eigenvalue weighted by Gasteiger charge is -2.57. The van der Waals surface area contributed by atoms with E-state index in [1.54, 1.807) is 16.6 Å². The molecule has 0 amide bonds. The van der Waals surface area contributed by atoms with Crippen LogP contribution in [0.15, 0.2) is 36.5 Å². The highest BCUT2D eigenvalue weighted by Gasteiger charge is 2.47. The topological polar surface area (TPSA) is 60.5 Å². The molecular weight excluding hydrogens is 466 g/mol. The molecule has 1 aromatic carbocycles. The van der Waals surface area contributed by atoms with Gasteiger partial charge in [0.2, 0.25) is 0 Å². The molecule has 0 bridgehead atoms. The average Bonchev–Trinajstić information content (AvgIpc) is 3.38. The van der Waals surface area contributed by atoms with E-state index in [9.17, 15) is 9.65 Å². The van der Waals surface area contributed by atoms with Gasteiger partial charge in [-0.1, -0.05) is 24.7 Å². The van der Waals surface area contributed by atoms with Crippen LogP contribution in [-0.4, -0.2) is 34.7 Å². The number of benzene rings is 1. The summed E-state index contributed by atoms with van der Waals surface area (Å²) in [4.78, 5) is 9.23. The number of fused-ring (bicyclic) bond motifs is 1. The van der Waals surface area contributed by atoms with E-state index >= 15 is 4.39 Å². The lowest BCUT2D eigenvalue weighted by molar-refractivity contribution is 0.0897. The van der Waals surface area contributed by atoms with Crippen LogP contribution in [0.2, 0.25) is 0 Å². The Morgan fingerprint density at radius 1 is 1.20 bits per heavy atom. The third-order valence-electron chi connectivity index (χ3n) is 7.34. The summed E-state index contributed by atoms with van der Waals surface area (Å²) in [6.07, 6.45) is 5.85. The summed E-state index contributed by atoms with van der Waals surface area (Å²) in [6, 6.07) is 10.1. The van der Waals surface area contributed by atoms with Crippen LogP contribution in [0, 0.1) is 28.4 Å². The first-order chi connectivity index (χ1) is 16.9. The van der Waals surface area contributed by atoms with Gasteiger partial charge in [-0.05, 0) is 49.6 Å². The number of anilines is 3. The van der Waals surface area contributed by atoms with E-state index in [1.807, 2.05) is 24.9 Å². The van der Waals surface area contributed by atoms with Gasteiger partial charge in [-0.2, -0.15) is 10.4 Å². The van der Waals surface area contributed by atoms with E-state index in [2.05, 4.69) is 16.1 Å². The standard InChI is InChI=1S/C26H24F2N6S/c1-3-19-24(32(2)25-30-23(22(12-29)35-25)16-5-7-17(27)8-6-16)21-11-20(18(28)13-34(21)31-19)33-14-26(15-33)9-4-10-26/h5-8,11,13H,3-4,9-10,14-15H2,1-2H3. The summed E-state index contributed by atoms with van der Waals surface area (Å²) in [5.74, 6) is -0.613. The van der Waals surface area contributed by atoms with Gasteiger partial charge in [-0.15, -0.1) is 0 Å². The lowest BCUT2D eigenvalue weighted by atomic mass is 9.63. The quantitative estimate of drug-likeness (QED) is 0.347. The molecule has 2 aliphatic rings. The highest BCUT2D eigenvalue weighted by Crippen LogP contribution is 2.50. The second-order valence-electron chi connectivity index (χ2n) is 9.55. The Morgan fingerprint density at radius 3 is 2.57 bits per heavy atom.